The molecule has 3 rings (SSSR count). The van der Waals surface area contributed by atoms with Gasteiger partial charge in [-0.3, -0.25) is 9.79 Å². The molecule has 1 fully saturated rings. The number of ketones is 1. The van der Waals surface area contributed by atoms with Gasteiger partial charge in [-0.25, -0.2) is 4.39 Å². The Kier molecular flexibility index (Phi) is 3.32. The first-order valence-electron chi connectivity index (χ1n) is 6.85. The van der Waals surface area contributed by atoms with E-state index in [0.717, 1.165) is 18.7 Å². The molecule has 1 saturated carbocycles. The molecule has 1 N–H and O–H groups in total. The largest absolute Gasteiger partial charge is 0.369 e. The number of carbonyl (C=O) groups excluding carboxylic acids is 1. The summed E-state index contributed by atoms with van der Waals surface area (Å²) in [6, 6.07) is 6.82. The second-order valence-corrected chi connectivity index (χ2v) is 5.26. The van der Waals surface area contributed by atoms with Crippen LogP contribution in [0.3, 0.4) is 0 Å². The third-order valence-electron chi connectivity index (χ3n) is 3.91. The summed E-state index contributed by atoms with van der Waals surface area (Å²) in [6.07, 6.45) is 4.81. The van der Waals surface area contributed by atoms with Crippen LogP contribution >= 0.6 is 0 Å². The Hall–Kier alpha value is -1.71. The molecule has 4 heteroatoms. The number of halogens is 1. The fourth-order valence-corrected chi connectivity index (χ4v) is 2.92. The zero-order chi connectivity index (χ0) is 13.2. The number of fused-ring (bicyclic) bond motifs is 1. The van der Waals surface area contributed by atoms with Crippen LogP contribution in [-0.4, -0.2) is 23.7 Å². The van der Waals surface area contributed by atoms with Crippen LogP contribution in [0.1, 0.15) is 42.5 Å². The summed E-state index contributed by atoms with van der Waals surface area (Å²) in [5, 5.41) is 3.32. The quantitative estimate of drug-likeness (QED) is 0.849. The predicted molar refractivity (Wildman–Crippen MR) is 72.0 cm³/mol. The Morgan fingerprint density at radius 2 is 2.11 bits per heavy atom. The van der Waals surface area contributed by atoms with Crippen LogP contribution in [0.25, 0.3) is 0 Å². The Balaban J connectivity index is 1.69. The maximum Gasteiger partial charge on any atom is 0.173 e. The molecule has 1 aromatic carbocycles. The van der Waals surface area contributed by atoms with E-state index in [4.69, 9.17) is 0 Å². The lowest BCUT2D eigenvalue weighted by Crippen LogP contribution is -2.37. The van der Waals surface area contributed by atoms with Crippen molar-refractivity contribution in [1.82, 2.24) is 5.32 Å². The molecule has 1 aliphatic heterocycles. The first kappa shape index (κ1) is 12.3. The minimum absolute atomic E-state index is 0.155. The molecule has 0 saturated heterocycles. The summed E-state index contributed by atoms with van der Waals surface area (Å²) in [5.74, 6) is 0.0664. The van der Waals surface area contributed by atoms with Gasteiger partial charge in [0.05, 0.1) is 18.0 Å². The number of nitrogens with zero attached hydrogens (tertiary/aromatic N) is 1. The van der Waals surface area contributed by atoms with Gasteiger partial charge in [-0.15, -0.1) is 0 Å². The highest BCUT2D eigenvalue weighted by atomic mass is 19.1. The number of Topliss-reactive ketones (excluding diaryl/α,β-unsaturated/α-hetero) is 1. The van der Waals surface area contributed by atoms with Crippen LogP contribution in [0.15, 0.2) is 29.3 Å². The molecule has 1 aromatic rings. The Morgan fingerprint density at radius 3 is 2.89 bits per heavy atom. The van der Waals surface area contributed by atoms with Crippen molar-refractivity contribution in [3.8, 4) is 0 Å². The van der Waals surface area contributed by atoms with E-state index in [-0.39, 0.29) is 17.8 Å². The number of nitrogens with one attached hydrogen (secondary N) is 1. The predicted octanol–water partition coefficient (Wildman–Crippen LogP) is 2.71. The summed E-state index contributed by atoms with van der Waals surface area (Å²) in [7, 11) is 0. The molecule has 1 aliphatic carbocycles. The van der Waals surface area contributed by atoms with Gasteiger partial charge in [0, 0.05) is 6.04 Å². The van der Waals surface area contributed by atoms with Gasteiger partial charge in [0.1, 0.15) is 11.7 Å². The van der Waals surface area contributed by atoms with E-state index in [9.17, 15) is 9.18 Å². The summed E-state index contributed by atoms with van der Waals surface area (Å²) >= 11 is 0. The average Bonchev–Trinajstić information content (AvgIpc) is 2.81. The van der Waals surface area contributed by atoms with Gasteiger partial charge in [-0.2, -0.15) is 0 Å². The van der Waals surface area contributed by atoms with Crippen molar-refractivity contribution in [1.29, 1.82) is 0 Å². The van der Waals surface area contributed by atoms with Crippen LogP contribution in [0.4, 0.5) is 4.39 Å². The monoisotopic (exact) mass is 260 g/mol. The maximum atomic E-state index is 13.5. The number of hydrogen-bond acceptors (Lipinski definition) is 3. The zero-order valence-corrected chi connectivity index (χ0v) is 10.7. The molecule has 0 radical (unpaired) electrons. The lowest BCUT2D eigenvalue weighted by molar-refractivity contribution is 0.0996. The molecule has 19 heavy (non-hydrogen) atoms. The Morgan fingerprint density at radius 1 is 1.32 bits per heavy atom. The topological polar surface area (TPSA) is 41.5 Å². The number of amidine groups is 1. The van der Waals surface area contributed by atoms with Crippen LogP contribution < -0.4 is 5.32 Å². The first-order chi connectivity index (χ1) is 9.24. The van der Waals surface area contributed by atoms with E-state index >= 15 is 0 Å². The van der Waals surface area contributed by atoms with E-state index in [0.29, 0.717) is 12.1 Å². The normalized spacial score (nSPS) is 25.4. The van der Waals surface area contributed by atoms with Gasteiger partial charge < -0.3 is 5.32 Å². The second kappa shape index (κ2) is 5.11. The van der Waals surface area contributed by atoms with Gasteiger partial charge in [-0.1, -0.05) is 25.0 Å². The van der Waals surface area contributed by atoms with E-state index in [1.807, 2.05) is 0 Å². The molecule has 0 amide bonds. The SMILES string of the molecule is O=C(CC1=N[C@@H]2CCCC[C@@H]2N1)c1ccccc1F. The minimum atomic E-state index is -0.455. The van der Waals surface area contributed by atoms with Crippen molar-refractivity contribution in [2.45, 2.75) is 44.2 Å². The van der Waals surface area contributed by atoms with E-state index < -0.39 is 5.82 Å². The lowest BCUT2D eigenvalue weighted by atomic mass is 9.92. The molecule has 0 aromatic heterocycles. The van der Waals surface area contributed by atoms with Gasteiger partial charge in [0.2, 0.25) is 0 Å². The van der Waals surface area contributed by atoms with Crippen LogP contribution in [0.5, 0.6) is 0 Å². The number of rotatable bonds is 3. The summed E-state index contributed by atoms with van der Waals surface area (Å²) < 4.78 is 13.5. The molecule has 2 aliphatic rings. The smallest absolute Gasteiger partial charge is 0.173 e. The van der Waals surface area contributed by atoms with E-state index in [1.165, 1.54) is 25.0 Å². The average molecular weight is 260 g/mol. The van der Waals surface area contributed by atoms with Gasteiger partial charge in [0.25, 0.3) is 0 Å². The van der Waals surface area contributed by atoms with Gasteiger partial charge >= 0.3 is 0 Å². The van der Waals surface area contributed by atoms with Crippen molar-refractivity contribution in [2.24, 2.45) is 4.99 Å². The summed E-state index contributed by atoms with van der Waals surface area (Å²) in [4.78, 5) is 16.6. The van der Waals surface area contributed by atoms with Gasteiger partial charge in [-0.05, 0) is 25.0 Å². The van der Waals surface area contributed by atoms with Crippen molar-refractivity contribution < 1.29 is 9.18 Å². The highest BCUT2D eigenvalue weighted by Gasteiger charge is 2.31. The fraction of sp³-hybridized carbons (Fsp3) is 0.467. The molecule has 3 nitrogen and oxygen atoms in total. The van der Waals surface area contributed by atoms with Crippen molar-refractivity contribution >= 4 is 11.6 Å². The van der Waals surface area contributed by atoms with Crippen molar-refractivity contribution in [3.63, 3.8) is 0 Å². The second-order valence-electron chi connectivity index (χ2n) is 5.26. The van der Waals surface area contributed by atoms with Crippen LogP contribution in [0, 0.1) is 5.82 Å². The van der Waals surface area contributed by atoms with Crippen LogP contribution in [-0.2, 0) is 0 Å². The van der Waals surface area contributed by atoms with Crippen molar-refractivity contribution in [3.05, 3.63) is 35.6 Å². The van der Waals surface area contributed by atoms with E-state index in [1.54, 1.807) is 12.1 Å². The Bertz CT molecular complexity index is 527. The molecule has 0 unspecified atom stereocenters. The number of carbonyl (C=O) groups is 1. The van der Waals surface area contributed by atoms with Gasteiger partial charge in [0.15, 0.2) is 5.78 Å². The summed E-state index contributed by atoms with van der Waals surface area (Å²) in [5.41, 5.74) is 0.155. The minimum Gasteiger partial charge on any atom is -0.369 e. The van der Waals surface area contributed by atoms with Crippen LogP contribution in [0.2, 0.25) is 0 Å². The molecule has 0 bridgehead atoms. The molecule has 2 atom stereocenters. The van der Waals surface area contributed by atoms with E-state index in [2.05, 4.69) is 10.3 Å². The highest BCUT2D eigenvalue weighted by Crippen LogP contribution is 2.25. The maximum absolute atomic E-state index is 13.5. The lowest BCUT2D eigenvalue weighted by Gasteiger charge is -2.23. The number of aliphatic imine (C=N–C) groups is 1. The molecular formula is C15H17FN2O. The highest BCUT2D eigenvalue weighted by molar-refractivity contribution is 6.09. The standard InChI is InChI=1S/C15H17FN2O/c16-11-6-2-1-5-10(11)14(19)9-15-17-12-7-3-4-8-13(12)18-15/h1-2,5-6,12-13H,3-4,7-9H2,(H,17,18)/t12-,13+. The fourth-order valence-electron chi connectivity index (χ4n) is 2.92. The molecule has 100 valence electrons. The molecule has 0 spiro atoms. The third kappa shape index (κ3) is 2.53. The number of benzene rings is 1. The Labute approximate surface area is 111 Å². The zero-order valence-electron chi connectivity index (χ0n) is 10.7. The van der Waals surface area contributed by atoms with Crippen molar-refractivity contribution in [2.75, 3.05) is 0 Å². The summed E-state index contributed by atoms with van der Waals surface area (Å²) in [6.45, 7) is 0. The molecule has 1 heterocycles. The number of hydrogen-bond donors (Lipinski definition) is 1. The third-order valence-corrected chi connectivity index (χ3v) is 3.91. The molecular weight excluding hydrogens is 243 g/mol. The first-order valence-corrected chi connectivity index (χ1v) is 6.85.